The minimum atomic E-state index is 0.236. The lowest BCUT2D eigenvalue weighted by atomic mass is 9.84. The van der Waals surface area contributed by atoms with E-state index in [0.29, 0.717) is 6.04 Å². The van der Waals surface area contributed by atoms with E-state index in [1.54, 1.807) is 0 Å². The zero-order valence-corrected chi connectivity index (χ0v) is 12.6. The molecule has 1 aromatic rings. The third-order valence-electron chi connectivity index (χ3n) is 4.49. The van der Waals surface area contributed by atoms with Gasteiger partial charge in [0.25, 0.3) is 0 Å². The average molecular weight is 274 g/mol. The van der Waals surface area contributed by atoms with Crippen LogP contribution in [0.2, 0.25) is 0 Å². The smallest absolute Gasteiger partial charge is 0.120 e. The van der Waals surface area contributed by atoms with Gasteiger partial charge in [-0.25, -0.2) is 0 Å². The molecule has 3 nitrogen and oxygen atoms in total. The average Bonchev–Trinajstić information content (AvgIpc) is 2.46. The van der Waals surface area contributed by atoms with Crippen LogP contribution in [0.25, 0.3) is 0 Å². The maximum atomic E-state index is 5.76. The lowest BCUT2D eigenvalue weighted by molar-refractivity contribution is 0.0720. The van der Waals surface area contributed by atoms with Crippen LogP contribution in [0.1, 0.15) is 32.3 Å². The van der Waals surface area contributed by atoms with Gasteiger partial charge in [-0.15, -0.1) is 0 Å². The molecule has 110 valence electrons. The fourth-order valence-electron chi connectivity index (χ4n) is 3.45. The first-order valence-corrected chi connectivity index (χ1v) is 7.92. The lowest BCUT2D eigenvalue weighted by Gasteiger charge is -2.45. The van der Waals surface area contributed by atoms with Gasteiger partial charge in [0, 0.05) is 19.1 Å². The summed E-state index contributed by atoms with van der Waals surface area (Å²) >= 11 is 0. The van der Waals surface area contributed by atoms with E-state index < -0.39 is 0 Å². The number of fused-ring (bicyclic) bond motifs is 3. The van der Waals surface area contributed by atoms with Gasteiger partial charge >= 0.3 is 0 Å². The number of benzene rings is 1. The third-order valence-corrected chi connectivity index (χ3v) is 4.49. The number of piperidine rings is 3. The van der Waals surface area contributed by atoms with Crippen molar-refractivity contribution in [2.75, 3.05) is 19.6 Å². The summed E-state index contributed by atoms with van der Waals surface area (Å²) in [7, 11) is 0. The predicted molar refractivity (Wildman–Crippen MR) is 82.0 cm³/mol. The molecule has 3 aliphatic heterocycles. The van der Waals surface area contributed by atoms with Crippen molar-refractivity contribution in [3.05, 3.63) is 29.8 Å². The molecular weight excluding hydrogens is 248 g/mol. The second-order valence-electron chi connectivity index (χ2n) is 6.44. The third kappa shape index (κ3) is 3.33. The maximum Gasteiger partial charge on any atom is 0.120 e. The SMILES string of the molecule is CC(C)Oc1cccc(CNC2CN3CCC2CC3)c1. The topological polar surface area (TPSA) is 24.5 Å². The van der Waals surface area contributed by atoms with Crippen LogP contribution in [-0.4, -0.2) is 36.7 Å². The molecule has 3 fully saturated rings. The number of hydrogen-bond acceptors (Lipinski definition) is 3. The summed E-state index contributed by atoms with van der Waals surface area (Å²) in [5.41, 5.74) is 1.32. The van der Waals surface area contributed by atoms with E-state index in [-0.39, 0.29) is 6.10 Å². The van der Waals surface area contributed by atoms with Gasteiger partial charge in [-0.2, -0.15) is 0 Å². The molecule has 0 aliphatic carbocycles. The molecule has 20 heavy (non-hydrogen) atoms. The monoisotopic (exact) mass is 274 g/mol. The van der Waals surface area contributed by atoms with Crippen LogP contribution in [0.5, 0.6) is 5.75 Å². The van der Waals surface area contributed by atoms with Crippen LogP contribution in [0.4, 0.5) is 0 Å². The zero-order valence-electron chi connectivity index (χ0n) is 12.6. The van der Waals surface area contributed by atoms with Crippen molar-refractivity contribution < 1.29 is 4.74 Å². The Morgan fingerprint density at radius 1 is 1.30 bits per heavy atom. The fraction of sp³-hybridized carbons (Fsp3) is 0.647. The van der Waals surface area contributed by atoms with Crippen LogP contribution in [-0.2, 0) is 6.54 Å². The number of ether oxygens (including phenoxy) is 1. The molecule has 1 unspecified atom stereocenters. The Morgan fingerprint density at radius 3 is 2.75 bits per heavy atom. The van der Waals surface area contributed by atoms with Gasteiger partial charge in [0.2, 0.25) is 0 Å². The molecule has 3 heterocycles. The Balaban J connectivity index is 1.55. The molecular formula is C17H26N2O. The molecule has 1 N–H and O–H groups in total. The normalized spacial score (nSPS) is 28.9. The van der Waals surface area contributed by atoms with Gasteiger partial charge in [-0.1, -0.05) is 12.1 Å². The van der Waals surface area contributed by atoms with Gasteiger partial charge < -0.3 is 15.0 Å². The molecule has 0 radical (unpaired) electrons. The quantitative estimate of drug-likeness (QED) is 0.893. The highest BCUT2D eigenvalue weighted by molar-refractivity contribution is 5.28. The Labute approximate surface area is 122 Å². The van der Waals surface area contributed by atoms with Crippen molar-refractivity contribution in [2.45, 2.75) is 45.4 Å². The van der Waals surface area contributed by atoms with Gasteiger partial charge in [-0.05, 0) is 63.4 Å². The number of nitrogens with zero attached hydrogens (tertiary/aromatic N) is 1. The summed E-state index contributed by atoms with van der Waals surface area (Å²) in [4.78, 5) is 2.59. The minimum Gasteiger partial charge on any atom is -0.491 e. The summed E-state index contributed by atoms with van der Waals surface area (Å²) in [6.07, 6.45) is 2.97. The Morgan fingerprint density at radius 2 is 2.10 bits per heavy atom. The van der Waals surface area contributed by atoms with Gasteiger partial charge in [0.1, 0.15) is 5.75 Å². The molecule has 2 bridgehead atoms. The molecule has 0 spiro atoms. The van der Waals surface area contributed by atoms with E-state index in [2.05, 4.69) is 42.3 Å². The number of nitrogens with one attached hydrogen (secondary N) is 1. The Kier molecular flexibility index (Phi) is 4.27. The summed E-state index contributed by atoms with van der Waals surface area (Å²) in [5, 5.41) is 3.75. The predicted octanol–water partition coefficient (Wildman–Crippen LogP) is 2.66. The molecule has 3 saturated heterocycles. The van der Waals surface area contributed by atoms with Gasteiger partial charge in [-0.3, -0.25) is 0 Å². The Bertz CT molecular complexity index is 438. The highest BCUT2D eigenvalue weighted by atomic mass is 16.5. The Hall–Kier alpha value is -1.06. The first-order chi connectivity index (χ1) is 9.70. The summed E-state index contributed by atoms with van der Waals surface area (Å²) in [6.45, 7) is 8.93. The van der Waals surface area contributed by atoms with Crippen LogP contribution in [0.3, 0.4) is 0 Å². The van der Waals surface area contributed by atoms with Crippen molar-refractivity contribution in [1.29, 1.82) is 0 Å². The van der Waals surface area contributed by atoms with E-state index in [4.69, 9.17) is 4.74 Å². The second-order valence-corrected chi connectivity index (χ2v) is 6.44. The number of rotatable bonds is 5. The van der Waals surface area contributed by atoms with E-state index in [0.717, 1.165) is 18.2 Å². The van der Waals surface area contributed by atoms with Gasteiger partial charge in [0.05, 0.1) is 6.10 Å². The standard InChI is InChI=1S/C17H26N2O/c1-13(2)20-16-5-3-4-14(10-16)11-18-17-12-19-8-6-15(17)7-9-19/h3-5,10,13,15,17-18H,6-9,11-12H2,1-2H3. The fourth-order valence-corrected chi connectivity index (χ4v) is 3.45. The molecule has 1 atom stereocenters. The minimum absolute atomic E-state index is 0.236. The molecule has 3 heteroatoms. The summed E-state index contributed by atoms with van der Waals surface area (Å²) < 4.78 is 5.76. The molecule has 0 amide bonds. The molecule has 0 aromatic heterocycles. The highest BCUT2D eigenvalue weighted by Gasteiger charge is 2.33. The molecule has 0 saturated carbocycles. The largest absolute Gasteiger partial charge is 0.491 e. The molecule has 4 rings (SSSR count). The van der Waals surface area contributed by atoms with Crippen LogP contribution in [0, 0.1) is 5.92 Å². The molecule has 1 aromatic carbocycles. The van der Waals surface area contributed by atoms with Crippen molar-refractivity contribution >= 4 is 0 Å². The van der Waals surface area contributed by atoms with Crippen LogP contribution < -0.4 is 10.1 Å². The van der Waals surface area contributed by atoms with E-state index in [1.165, 1.54) is 38.0 Å². The number of hydrogen-bond donors (Lipinski definition) is 1. The van der Waals surface area contributed by atoms with Gasteiger partial charge in [0.15, 0.2) is 0 Å². The van der Waals surface area contributed by atoms with Crippen molar-refractivity contribution in [1.82, 2.24) is 10.2 Å². The van der Waals surface area contributed by atoms with Crippen LogP contribution in [0.15, 0.2) is 24.3 Å². The highest BCUT2D eigenvalue weighted by Crippen LogP contribution is 2.27. The zero-order chi connectivity index (χ0) is 13.9. The lowest BCUT2D eigenvalue weighted by Crippen LogP contribution is -2.55. The van der Waals surface area contributed by atoms with E-state index in [9.17, 15) is 0 Å². The van der Waals surface area contributed by atoms with Crippen molar-refractivity contribution in [3.8, 4) is 5.75 Å². The maximum absolute atomic E-state index is 5.76. The van der Waals surface area contributed by atoms with E-state index in [1.807, 2.05) is 6.07 Å². The second kappa shape index (κ2) is 6.15. The summed E-state index contributed by atoms with van der Waals surface area (Å²) in [5.74, 6) is 1.86. The molecule has 3 aliphatic rings. The van der Waals surface area contributed by atoms with Crippen LogP contribution >= 0.6 is 0 Å². The van der Waals surface area contributed by atoms with Crippen molar-refractivity contribution in [3.63, 3.8) is 0 Å². The van der Waals surface area contributed by atoms with E-state index >= 15 is 0 Å². The first-order valence-electron chi connectivity index (χ1n) is 7.92. The summed E-state index contributed by atoms with van der Waals surface area (Å²) in [6, 6.07) is 9.14. The van der Waals surface area contributed by atoms with Crippen molar-refractivity contribution in [2.24, 2.45) is 5.92 Å². The first kappa shape index (κ1) is 13.9.